The van der Waals surface area contributed by atoms with Gasteiger partial charge in [0.05, 0.1) is 12.1 Å². The van der Waals surface area contributed by atoms with Crippen LogP contribution in [0.3, 0.4) is 0 Å². The van der Waals surface area contributed by atoms with Gasteiger partial charge in [0.15, 0.2) is 5.78 Å². The maximum absolute atomic E-state index is 12.7. The third-order valence-electron chi connectivity index (χ3n) is 4.89. The lowest BCUT2D eigenvalue weighted by Crippen LogP contribution is -2.34. The van der Waals surface area contributed by atoms with Crippen LogP contribution in [0, 0.1) is 0 Å². The molecule has 156 valence electrons. The number of aromatic hydroxyl groups is 1. The smallest absolute Gasteiger partial charge is 0.259 e. The van der Waals surface area contributed by atoms with Crippen LogP contribution in [0.5, 0.6) is 5.75 Å². The van der Waals surface area contributed by atoms with Crippen molar-refractivity contribution in [2.75, 3.05) is 0 Å². The second kappa shape index (κ2) is 8.63. The molecule has 1 heterocycles. The van der Waals surface area contributed by atoms with Gasteiger partial charge in [0.25, 0.3) is 5.91 Å². The van der Waals surface area contributed by atoms with Gasteiger partial charge in [0.1, 0.15) is 22.7 Å². The topological polar surface area (TPSA) is 127 Å². The first-order valence-electron chi connectivity index (χ1n) is 9.27. The summed E-state index contributed by atoms with van der Waals surface area (Å²) in [6, 6.07) is 5.50. The average Bonchev–Trinajstić information content (AvgIpc) is 2.89. The second-order valence-corrected chi connectivity index (χ2v) is 7.60. The second-order valence-electron chi connectivity index (χ2n) is 7.60. The van der Waals surface area contributed by atoms with Crippen molar-refractivity contribution in [2.45, 2.75) is 51.9 Å². The highest BCUT2D eigenvalue weighted by molar-refractivity contribution is 6.27. The maximum atomic E-state index is 12.7. The molecule has 1 amide bonds. The number of amides is 1. The molecule has 1 fully saturated rings. The van der Waals surface area contributed by atoms with E-state index in [-0.39, 0.29) is 23.3 Å². The number of hydrogen-bond acceptors (Lipinski definition) is 6. The fraction of sp³-hybridized carbons (Fsp3) is 0.364. The van der Waals surface area contributed by atoms with Crippen molar-refractivity contribution >= 4 is 11.7 Å². The monoisotopic (exact) mass is 401 g/mol. The lowest BCUT2D eigenvalue weighted by molar-refractivity contribution is -0.117. The van der Waals surface area contributed by atoms with Crippen LogP contribution in [0.15, 0.2) is 58.9 Å². The Balaban J connectivity index is 2.26. The van der Waals surface area contributed by atoms with Gasteiger partial charge >= 0.3 is 0 Å². The van der Waals surface area contributed by atoms with E-state index in [0.29, 0.717) is 5.57 Å². The zero-order chi connectivity index (χ0) is 21.9. The highest BCUT2D eigenvalue weighted by atomic mass is 16.3. The van der Waals surface area contributed by atoms with Crippen LogP contribution in [0.25, 0.3) is 0 Å². The van der Waals surface area contributed by atoms with E-state index in [2.05, 4.69) is 5.32 Å². The van der Waals surface area contributed by atoms with Gasteiger partial charge < -0.3 is 25.7 Å². The number of carbonyl (C=O) groups is 2. The largest absolute Gasteiger partial charge is 0.508 e. The molecule has 0 spiro atoms. The number of carbonyl (C=O) groups excluding carboxylic acids is 2. The van der Waals surface area contributed by atoms with Gasteiger partial charge in [-0.1, -0.05) is 23.8 Å². The molecule has 0 saturated carbocycles. The number of phenols is 1. The summed E-state index contributed by atoms with van der Waals surface area (Å²) in [7, 11) is 0. The van der Waals surface area contributed by atoms with E-state index in [4.69, 9.17) is 0 Å². The number of ketones is 1. The molecule has 7 heteroatoms. The standard InChI is InChI=1S/C22H27NO6/c1-12(11-22(4,29)14(3)24)9-13(2)19(26)18-20(27)17(23-21(18)28)10-15-5-7-16(25)8-6-15/h5-9,11,14,17,24-26,29H,10H2,1-4H3,(H,23,28)/b12-11+,13-9+,19-18?/t14?,17-,22?/m0/s1. The number of rotatable bonds is 6. The van der Waals surface area contributed by atoms with Crippen molar-refractivity contribution < 1.29 is 30.0 Å². The van der Waals surface area contributed by atoms with E-state index in [9.17, 15) is 30.0 Å². The highest BCUT2D eigenvalue weighted by Crippen LogP contribution is 2.23. The van der Waals surface area contributed by atoms with Gasteiger partial charge in [-0.3, -0.25) is 9.59 Å². The van der Waals surface area contributed by atoms with Crippen molar-refractivity contribution in [3.05, 3.63) is 64.5 Å². The van der Waals surface area contributed by atoms with Gasteiger partial charge in [-0.25, -0.2) is 0 Å². The Morgan fingerprint density at radius 2 is 1.83 bits per heavy atom. The maximum Gasteiger partial charge on any atom is 0.259 e. The number of benzene rings is 1. The predicted molar refractivity (Wildman–Crippen MR) is 108 cm³/mol. The molecule has 1 aliphatic heterocycles. The molecule has 0 aromatic heterocycles. The highest BCUT2D eigenvalue weighted by Gasteiger charge is 2.38. The van der Waals surface area contributed by atoms with Crippen LogP contribution < -0.4 is 5.32 Å². The van der Waals surface area contributed by atoms with Crippen LogP contribution >= 0.6 is 0 Å². The predicted octanol–water partition coefficient (Wildman–Crippen LogP) is 1.84. The minimum atomic E-state index is -1.46. The lowest BCUT2D eigenvalue weighted by Gasteiger charge is -2.23. The molecule has 0 bridgehead atoms. The summed E-state index contributed by atoms with van der Waals surface area (Å²) in [6.07, 6.45) is 2.19. The Bertz CT molecular complexity index is 890. The van der Waals surface area contributed by atoms with Crippen molar-refractivity contribution in [1.29, 1.82) is 0 Å². The third kappa shape index (κ3) is 5.34. The molecular formula is C22H27NO6. The number of aliphatic hydroxyl groups is 3. The van der Waals surface area contributed by atoms with Crippen LogP contribution in [-0.2, 0) is 16.0 Å². The molecule has 29 heavy (non-hydrogen) atoms. The molecular weight excluding hydrogens is 374 g/mol. The van der Waals surface area contributed by atoms with E-state index in [0.717, 1.165) is 5.56 Å². The molecule has 1 aliphatic rings. The fourth-order valence-corrected chi connectivity index (χ4v) is 3.05. The molecule has 2 unspecified atom stereocenters. The zero-order valence-electron chi connectivity index (χ0n) is 16.9. The Morgan fingerprint density at radius 3 is 2.38 bits per heavy atom. The van der Waals surface area contributed by atoms with E-state index in [1.165, 1.54) is 38.1 Å². The molecule has 5 N–H and O–H groups in total. The summed E-state index contributed by atoms with van der Waals surface area (Å²) in [5.41, 5.74) is -0.179. The molecule has 2 rings (SSSR count). The minimum absolute atomic E-state index is 0.104. The number of hydrogen-bond donors (Lipinski definition) is 5. The summed E-state index contributed by atoms with van der Waals surface area (Å²) in [6.45, 7) is 6.12. The lowest BCUT2D eigenvalue weighted by atomic mass is 9.96. The Labute approximate surface area is 169 Å². The third-order valence-corrected chi connectivity index (χ3v) is 4.89. The Morgan fingerprint density at radius 1 is 1.24 bits per heavy atom. The van der Waals surface area contributed by atoms with Crippen LogP contribution in [0.1, 0.15) is 33.3 Å². The molecule has 3 atom stereocenters. The van der Waals surface area contributed by atoms with Crippen molar-refractivity contribution in [2.24, 2.45) is 0 Å². The quantitative estimate of drug-likeness (QED) is 0.214. The molecule has 1 aromatic rings. The first-order valence-corrected chi connectivity index (χ1v) is 9.27. The first kappa shape index (κ1) is 22.4. The summed E-state index contributed by atoms with van der Waals surface area (Å²) >= 11 is 0. The van der Waals surface area contributed by atoms with Gasteiger partial charge in [0.2, 0.25) is 0 Å². The van der Waals surface area contributed by atoms with Crippen molar-refractivity contribution in [1.82, 2.24) is 5.32 Å². The van der Waals surface area contributed by atoms with E-state index in [1.807, 2.05) is 0 Å². The van der Waals surface area contributed by atoms with Crippen molar-refractivity contribution in [3.8, 4) is 5.75 Å². The fourth-order valence-electron chi connectivity index (χ4n) is 3.05. The normalized spacial score (nSPS) is 22.9. The molecule has 0 aliphatic carbocycles. The summed E-state index contributed by atoms with van der Waals surface area (Å²) < 4.78 is 0. The average molecular weight is 401 g/mol. The molecule has 1 aromatic carbocycles. The Hall–Kier alpha value is -2.90. The van der Waals surface area contributed by atoms with Gasteiger partial charge in [-0.05, 0) is 57.0 Å². The number of phenolic OH excluding ortho intramolecular Hbond substituents is 1. The molecule has 0 radical (unpaired) electrons. The van der Waals surface area contributed by atoms with Crippen molar-refractivity contribution in [3.63, 3.8) is 0 Å². The molecule has 7 nitrogen and oxygen atoms in total. The molecule has 1 saturated heterocycles. The van der Waals surface area contributed by atoms with Gasteiger partial charge in [-0.15, -0.1) is 0 Å². The summed E-state index contributed by atoms with van der Waals surface area (Å²) in [4.78, 5) is 25.0. The van der Waals surface area contributed by atoms with Crippen LogP contribution in [0.4, 0.5) is 0 Å². The number of aliphatic hydroxyl groups excluding tert-OH is 2. The number of nitrogens with one attached hydrogen (secondary N) is 1. The van der Waals surface area contributed by atoms with Crippen LogP contribution in [-0.4, -0.2) is 49.9 Å². The van der Waals surface area contributed by atoms with E-state index >= 15 is 0 Å². The number of allylic oxidation sites excluding steroid dienone is 3. The van der Waals surface area contributed by atoms with Crippen LogP contribution in [0.2, 0.25) is 0 Å². The minimum Gasteiger partial charge on any atom is -0.508 e. The van der Waals surface area contributed by atoms with E-state index < -0.39 is 35.2 Å². The number of Topliss-reactive ketones (excluding diaryl/α,β-unsaturated/α-hetero) is 1. The Kier molecular flexibility index (Phi) is 6.66. The van der Waals surface area contributed by atoms with E-state index in [1.54, 1.807) is 26.0 Å². The van der Waals surface area contributed by atoms with Gasteiger partial charge in [-0.2, -0.15) is 0 Å². The zero-order valence-corrected chi connectivity index (χ0v) is 16.9. The summed E-state index contributed by atoms with van der Waals surface area (Å²) in [5.74, 6) is -1.48. The van der Waals surface area contributed by atoms with Gasteiger partial charge in [0, 0.05) is 6.42 Å². The SMILES string of the molecule is CC(=C\C(C)(O)C(C)O)/C=C(\C)C(O)=C1C(=O)N[C@@H](Cc2ccc(O)cc2)C1=O. The first-order chi connectivity index (χ1) is 13.4. The summed E-state index contributed by atoms with van der Waals surface area (Å²) in [5, 5.41) is 42.1.